The van der Waals surface area contributed by atoms with E-state index in [1.54, 1.807) is 9.47 Å². The second kappa shape index (κ2) is 7.29. The minimum atomic E-state index is -1.35. The molecule has 8 nitrogen and oxygen atoms in total. The van der Waals surface area contributed by atoms with Crippen molar-refractivity contribution in [3.63, 3.8) is 0 Å². The van der Waals surface area contributed by atoms with Gasteiger partial charge in [0.1, 0.15) is 11.2 Å². The van der Waals surface area contributed by atoms with Gasteiger partial charge in [-0.25, -0.2) is 14.2 Å². The predicted octanol–water partition coefficient (Wildman–Crippen LogP) is 1.75. The van der Waals surface area contributed by atoms with Crippen LogP contribution >= 0.6 is 11.6 Å². The predicted molar refractivity (Wildman–Crippen MR) is 105 cm³/mol. The fourth-order valence-electron chi connectivity index (χ4n) is 3.71. The van der Waals surface area contributed by atoms with E-state index >= 15 is 0 Å². The summed E-state index contributed by atoms with van der Waals surface area (Å²) in [7, 11) is 0. The summed E-state index contributed by atoms with van der Waals surface area (Å²) in [5.41, 5.74) is -0.867. The van der Waals surface area contributed by atoms with Crippen LogP contribution in [0.15, 0.2) is 17.1 Å². The Balaban J connectivity index is 1.75. The van der Waals surface area contributed by atoms with Crippen molar-refractivity contribution < 1.29 is 19.1 Å². The van der Waals surface area contributed by atoms with E-state index in [4.69, 9.17) is 11.6 Å². The largest absolute Gasteiger partial charge is 0.477 e. The van der Waals surface area contributed by atoms with Crippen molar-refractivity contribution in [1.82, 2.24) is 14.9 Å². The Morgan fingerprint density at radius 2 is 2.10 bits per heavy atom. The molecule has 2 unspecified atom stereocenters. The summed E-state index contributed by atoms with van der Waals surface area (Å²) in [6, 6.07) is 1.12. The molecule has 2 atom stereocenters. The average Bonchev–Trinajstić information content (AvgIpc) is 3.43. The molecule has 1 saturated heterocycles. The minimum Gasteiger partial charge on any atom is -0.477 e. The first-order valence-electron chi connectivity index (χ1n) is 9.38. The molecule has 10 heteroatoms. The van der Waals surface area contributed by atoms with Gasteiger partial charge in [0.15, 0.2) is 11.6 Å². The highest BCUT2D eigenvalue weighted by molar-refractivity contribution is 6.21. The number of carbonyl (C=O) groups excluding carboxylic acids is 1. The maximum Gasteiger partial charge on any atom is 0.341 e. The summed E-state index contributed by atoms with van der Waals surface area (Å²) in [5, 5.41) is 11.7. The van der Waals surface area contributed by atoms with Gasteiger partial charge in [0.05, 0.1) is 10.8 Å². The number of amides is 1. The van der Waals surface area contributed by atoms with E-state index in [1.165, 1.54) is 13.1 Å². The zero-order chi connectivity index (χ0) is 20.9. The van der Waals surface area contributed by atoms with Gasteiger partial charge in [-0.1, -0.05) is 0 Å². The van der Waals surface area contributed by atoms with Gasteiger partial charge in [-0.2, -0.15) is 0 Å². The zero-order valence-corrected chi connectivity index (χ0v) is 16.4. The number of alkyl halides is 1. The smallest absolute Gasteiger partial charge is 0.341 e. The molecule has 2 fully saturated rings. The summed E-state index contributed by atoms with van der Waals surface area (Å²) < 4.78 is 16.5. The van der Waals surface area contributed by atoms with Crippen molar-refractivity contribution in [1.29, 1.82) is 0 Å². The summed E-state index contributed by atoms with van der Waals surface area (Å²) in [6.45, 7) is 2.56. The van der Waals surface area contributed by atoms with Crippen LogP contribution in [0.2, 0.25) is 0 Å². The number of carboxylic acids is 1. The Morgan fingerprint density at radius 3 is 2.72 bits per heavy atom. The van der Waals surface area contributed by atoms with E-state index < -0.39 is 22.8 Å². The lowest BCUT2D eigenvalue weighted by atomic mass is 10.1. The third kappa shape index (κ3) is 3.66. The van der Waals surface area contributed by atoms with Crippen LogP contribution in [0.5, 0.6) is 0 Å². The third-order valence-corrected chi connectivity index (χ3v) is 5.88. The quantitative estimate of drug-likeness (QED) is 0.711. The summed E-state index contributed by atoms with van der Waals surface area (Å²) in [6.07, 6.45) is 2.99. The lowest BCUT2D eigenvalue weighted by Crippen LogP contribution is -2.31. The highest BCUT2D eigenvalue weighted by Gasteiger charge is 2.34. The molecule has 154 valence electrons. The van der Waals surface area contributed by atoms with Gasteiger partial charge in [-0.05, 0) is 18.9 Å². The Kier molecular flexibility index (Phi) is 4.94. The Labute approximate surface area is 170 Å². The van der Waals surface area contributed by atoms with Gasteiger partial charge in [-0.3, -0.25) is 9.59 Å². The average molecular weight is 423 g/mol. The van der Waals surface area contributed by atoms with Crippen LogP contribution in [0, 0.1) is 11.7 Å². The number of aromatic nitrogens is 2. The molecule has 1 amide bonds. The third-order valence-electron chi connectivity index (χ3n) is 5.38. The molecule has 4 rings (SSSR count). The highest BCUT2D eigenvalue weighted by atomic mass is 35.5. The number of pyridine rings is 2. The van der Waals surface area contributed by atoms with Crippen LogP contribution in [0.1, 0.15) is 36.2 Å². The number of fused-ring (bicyclic) bond motifs is 1. The van der Waals surface area contributed by atoms with Gasteiger partial charge in [0.25, 0.3) is 0 Å². The van der Waals surface area contributed by atoms with Crippen LogP contribution in [0.25, 0.3) is 11.0 Å². The fraction of sp³-hybridized carbons (Fsp3) is 0.474. The molecule has 3 heterocycles. The monoisotopic (exact) mass is 422 g/mol. The number of aromatic carboxylic acids is 1. The van der Waals surface area contributed by atoms with E-state index in [2.05, 4.69) is 10.3 Å². The molecule has 1 aliphatic carbocycles. The standard InChI is InChI=1S/C19H20ClFN4O4/c1-9(26)22-5-10-6-24(8-14(10)20)18-15(21)4-12-16(27)13(19(28)29)7-25(11-2-3-11)17(12)23-18/h4,7,10-11,14H,2-3,5-6,8H2,1H3,(H,22,26)(H,28,29). The number of nitrogens with one attached hydrogen (secondary N) is 1. The number of nitrogens with zero attached hydrogens (tertiary/aromatic N) is 3. The molecule has 2 aliphatic rings. The number of halogens is 2. The van der Waals surface area contributed by atoms with Crippen LogP contribution < -0.4 is 15.6 Å². The second-order valence-corrected chi connectivity index (χ2v) is 8.16. The van der Waals surface area contributed by atoms with E-state index in [-0.39, 0.29) is 40.1 Å². The van der Waals surface area contributed by atoms with Gasteiger partial charge in [0.2, 0.25) is 11.3 Å². The van der Waals surface area contributed by atoms with E-state index in [0.717, 1.165) is 18.9 Å². The number of hydrogen-bond acceptors (Lipinski definition) is 5. The maximum absolute atomic E-state index is 14.9. The van der Waals surface area contributed by atoms with Gasteiger partial charge in [-0.15, -0.1) is 11.6 Å². The lowest BCUT2D eigenvalue weighted by molar-refractivity contribution is -0.119. The first-order chi connectivity index (χ1) is 13.8. The van der Waals surface area contributed by atoms with Crippen LogP contribution in [0.4, 0.5) is 10.2 Å². The van der Waals surface area contributed by atoms with Crippen LogP contribution in [-0.4, -0.2) is 51.5 Å². The van der Waals surface area contributed by atoms with Crippen LogP contribution in [0.3, 0.4) is 0 Å². The Bertz CT molecular complexity index is 1070. The van der Waals surface area contributed by atoms with Crippen molar-refractivity contribution in [2.24, 2.45) is 5.92 Å². The normalized spacial score (nSPS) is 21.6. The molecule has 0 radical (unpaired) electrons. The van der Waals surface area contributed by atoms with Gasteiger partial charge < -0.3 is 19.9 Å². The van der Waals surface area contributed by atoms with Crippen molar-refractivity contribution in [2.75, 3.05) is 24.5 Å². The molecular weight excluding hydrogens is 403 g/mol. The molecule has 1 aliphatic heterocycles. The van der Waals surface area contributed by atoms with Crippen molar-refractivity contribution in [2.45, 2.75) is 31.2 Å². The van der Waals surface area contributed by atoms with Crippen molar-refractivity contribution in [3.05, 3.63) is 33.9 Å². The van der Waals surface area contributed by atoms with Crippen LogP contribution in [-0.2, 0) is 4.79 Å². The number of hydrogen-bond donors (Lipinski definition) is 2. The lowest BCUT2D eigenvalue weighted by Gasteiger charge is -2.20. The number of anilines is 1. The zero-order valence-electron chi connectivity index (χ0n) is 15.7. The Hall–Kier alpha value is -2.68. The number of rotatable bonds is 5. The molecule has 2 aromatic heterocycles. The molecule has 0 spiro atoms. The molecule has 2 N–H and O–H groups in total. The topological polar surface area (TPSA) is 105 Å². The van der Waals surface area contributed by atoms with Gasteiger partial charge >= 0.3 is 5.97 Å². The summed E-state index contributed by atoms with van der Waals surface area (Å²) in [4.78, 5) is 41.2. The number of carbonyl (C=O) groups is 2. The molecule has 29 heavy (non-hydrogen) atoms. The molecular formula is C19H20ClFN4O4. The SMILES string of the molecule is CC(=O)NCC1CN(c2nc3c(cc2F)c(=O)c(C(=O)O)cn3C2CC2)CC1Cl. The fourth-order valence-corrected chi connectivity index (χ4v) is 4.05. The highest BCUT2D eigenvalue weighted by Crippen LogP contribution is 2.37. The Morgan fingerprint density at radius 1 is 1.38 bits per heavy atom. The van der Waals surface area contributed by atoms with E-state index in [1.807, 2.05) is 0 Å². The molecule has 0 bridgehead atoms. The first kappa shape index (κ1) is 19.6. The van der Waals surface area contributed by atoms with Crippen molar-refractivity contribution in [3.8, 4) is 0 Å². The van der Waals surface area contributed by atoms with Gasteiger partial charge in [0, 0.05) is 44.7 Å². The first-order valence-corrected chi connectivity index (χ1v) is 9.82. The van der Waals surface area contributed by atoms with Crippen molar-refractivity contribution >= 4 is 40.3 Å². The maximum atomic E-state index is 14.9. The molecule has 1 saturated carbocycles. The molecule has 0 aromatic carbocycles. The summed E-state index contributed by atoms with van der Waals surface area (Å²) >= 11 is 6.39. The van der Waals surface area contributed by atoms with E-state index in [0.29, 0.717) is 19.6 Å². The number of carboxylic acid groups (broad SMARTS) is 1. The molecule has 2 aromatic rings. The van der Waals surface area contributed by atoms with E-state index in [9.17, 15) is 23.9 Å². The summed E-state index contributed by atoms with van der Waals surface area (Å²) in [5.74, 6) is -2.21. The second-order valence-electron chi connectivity index (χ2n) is 7.60. The minimum absolute atomic E-state index is 0.0468.